The molecule has 4 heteroatoms. The predicted molar refractivity (Wildman–Crippen MR) is 60.4 cm³/mol. The fourth-order valence-corrected chi connectivity index (χ4v) is 2.44. The van der Waals surface area contributed by atoms with Crippen LogP contribution in [0, 0.1) is 0 Å². The Hall–Kier alpha value is -0.870. The Labute approximate surface area is 93.7 Å². The molecule has 2 rings (SSSR count). The molecule has 0 atom stereocenters. The molecule has 0 aromatic carbocycles. The summed E-state index contributed by atoms with van der Waals surface area (Å²) in [6, 6.07) is 2.00. The zero-order valence-electron chi connectivity index (χ0n) is 8.86. The van der Waals surface area contributed by atoms with Gasteiger partial charge in [-0.25, -0.2) is 0 Å². The number of morpholine rings is 1. The van der Waals surface area contributed by atoms with Gasteiger partial charge in [0.05, 0.1) is 18.8 Å². The SMILES string of the molecule is CCc1cc(C(=O)N2CCOCC2)cs1. The van der Waals surface area contributed by atoms with Crippen molar-refractivity contribution in [3.8, 4) is 0 Å². The van der Waals surface area contributed by atoms with E-state index >= 15 is 0 Å². The Morgan fingerprint density at radius 1 is 1.53 bits per heavy atom. The highest BCUT2D eigenvalue weighted by Crippen LogP contribution is 2.17. The van der Waals surface area contributed by atoms with Gasteiger partial charge in [-0.05, 0) is 12.5 Å². The van der Waals surface area contributed by atoms with Crippen molar-refractivity contribution in [3.63, 3.8) is 0 Å². The number of hydrogen-bond acceptors (Lipinski definition) is 3. The second kappa shape index (κ2) is 4.77. The van der Waals surface area contributed by atoms with Crippen LogP contribution in [0.15, 0.2) is 11.4 Å². The molecule has 3 nitrogen and oxygen atoms in total. The van der Waals surface area contributed by atoms with Crippen LogP contribution in [0.25, 0.3) is 0 Å². The Morgan fingerprint density at radius 3 is 2.87 bits per heavy atom. The van der Waals surface area contributed by atoms with Crippen molar-refractivity contribution < 1.29 is 9.53 Å². The van der Waals surface area contributed by atoms with E-state index in [1.807, 2.05) is 16.3 Å². The summed E-state index contributed by atoms with van der Waals surface area (Å²) in [5, 5.41) is 1.95. The van der Waals surface area contributed by atoms with Gasteiger partial charge in [-0.15, -0.1) is 11.3 Å². The van der Waals surface area contributed by atoms with Gasteiger partial charge >= 0.3 is 0 Å². The Kier molecular flexibility index (Phi) is 3.38. The lowest BCUT2D eigenvalue weighted by atomic mass is 10.2. The summed E-state index contributed by atoms with van der Waals surface area (Å²) in [7, 11) is 0. The van der Waals surface area contributed by atoms with Gasteiger partial charge in [-0.2, -0.15) is 0 Å². The van der Waals surface area contributed by atoms with Crippen LogP contribution in [0.1, 0.15) is 22.2 Å². The zero-order chi connectivity index (χ0) is 10.7. The summed E-state index contributed by atoms with van der Waals surface area (Å²) in [6.45, 7) is 4.87. The van der Waals surface area contributed by atoms with E-state index in [4.69, 9.17) is 4.74 Å². The maximum atomic E-state index is 12.0. The molecule has 0 spiro atoms. The van der Waals surface area contributed by atoms with Gasteiger partial charge in [0.15, 0.2) is 0 Å². The van der Waals surface area contributed by atoms with Crippen molar-refractivity contribution in [1.82, 2.24) is 4.90 Å². The summed E-state index contributed by atoms with van der Waals surface area (Å²) in [5.74, 6) is 0.147. The van der Waals surface area contributed by atoms with Gasteiger partial charge in [0.25, 0.3) is 5.91 Å². The van der Waals surface area contributed by atoms with Gasteiger partial charge < -0.3 is 9.64 Å². The molecule has 1 aromatic heterocycles. The number of carbonyl (C=O) groups excluding carboxylic acids is 1. The number of carbonyl (C=O) groups is 1. The van der Waals surface area contributed by atoms with E-state index in [0.29, 0.717) is 13.2 Å². The summed E-state index contributed by atoms with van der Waals surface area (Å²) in [6.07, 6.45) is 1.00. The highest BCUT2D eigenvalue weighted by atomic mass is 32.1. The molecule has 1 aliphatic heterocycles. The second-order valence-corrected chi connectivity index (χ2v) is 4.56. The van der Waals surface area contributed by atoms with Gasteiger partial charge in [-0.1, -0.05) is 6.92 Å². The summed E-state index contributed by atoms with van der Waals surface area (Å²) in [4.78, 5) is 15.1. The lowest BCUT2D eigenvalue weighted by Crippen LogP contribution is -2.40. The minimum absolute atomic E-state index is 0.147. The third kappa shape index (κ3) is 2.38. The fourth-order valence-electron chi connectivity index (χ4n) is 1.63. The van der Waals surface area contributed by atoms with E-state index in [1.54, 1.807) is 11.3 Å². The highest BCUT2D eigenvalue weighted by Gasteiger charge is 2.19. The minimum Gasteiger partial charge on any atom is -0.378 e. The normalized spacial score (nSPS) is 16.7. The van der Waals surface area contributed by atoms with E-state index in [-0.39, 0.29) is 5.91 Å². The summed E-state index contributed by atoms with van der Waals surface area (Å²) >= 11 is 1.66. The molecule has 1 aliphatic rings. The third-order valence-corrected chi connectivity index (χ3v) is 3.63. The van der Waals surface area contributed by atoms with E-state index < -0.39 is 0 Å². The highest BCUT2D eigenvalue weighted by molar-refractivity contribution is 7.10. The maximum Gasteiger partial charge on any atom is 0.254 e. The molecule has 0 N–H and O–H groups in total. The smallest absolute Gasteiger partial charge is 0.254 e. The van der Waals surface area contributed by atoms with Crippen molar-refractivity contribution in [2.75, 3.05) is 26.3 Å². The third-order valence-electron chi connectivity index (χ3n) is 2.55. The number of nitrogens with zero attached hydrogens (tertiary/aromatic N) is 1. The maximum absolute atomic E-state index is 12.0. The van der Waals surface area contributed by atoms with E-state index in [2.05, 4.69) is 6.92 Å². The van der Waals surface area contributed by atoms with Crippen LogP contribution in [0.3, 0.4) is 0 Å². The monoisotopic (exact) mass is 225 g/mol. The molecule has 1 saturated heterocycles. The van der Waals surface area contributed by atoms with Crippen molar-refractivity contribution in [3.05, 3.63) is 21.9 Å². The number of thiophene rings is 1. The predicted octanol–water partition coefficient (Wildman–Crippen LogP) is 1.78. The largest absolute Gasteiger partial charge is 0.378 e. The fraction of sp³-hybridized carbons (Fsp3) is 0.545. The average molecular weight is 225 g/mol. The molecule has 1 amide bonds. The first-order valence-corrected chi connectivity index (χ1v) is 6.13. The van der Waals surface area contributed by atoms with Crippen LogP contribution in [-0.4, -0.2) is 37.1 Å². The molecular weight excluding hydrogens is 210 g/mol. The van der Waals surface area contributed by atoms with Crippen LogP contribution in [-0.2, 0) is 11.2 Å². The molecular formula is C11H15NO2S. The van der Waals surface area contributed by atoms with E-state index in [9.17, 15) is 4.79 Å². The minimum atomic E-state index is 0.147. The summed E-state index contributed by atoms with van der Waals surface area (Å²) in [5.41, 5.74) is 0.832. The molecule has 15 heavy (non-hydrogen) atoms. The van der Waals surface area contributed by atoms with Crippen molar-refractivity contribution in [2.45, 2.75) is 13.3 Å². The van der Waals surface area contributed by atoms with Crippen molar-refractivity contribution >= 4 is 17.2 Å². The van der Waals surface area contributed by atoms with Crippen LogP contribution >= 0.6 is 11.3 Å². The first kappa shape index (κ1) is 10.6. The van der Waals surface area contributed by atoms with Crippen LogP contribution in [0.2, 0.25) is 0 Å². The number of hydrogen-bond donors (Lipinski definition) is 0. The molecule has 0 radical (unpaired) electrons. The first-order chi connectivity index (χ1) is 7.31. The Morgan fingerprint density at radius 2 is 2.27 bits per heavy atom. The second-order valence-electron chi connectivity index (χ2n) is 3.56. The molecule has 0 aliphatic carbocycles. The number of aryl methyl sites for hydroxylation is 1. The number of rotatable bonds is 2. The van der Waals surface area contributed by atoms with Gasteiger partial charge in [0.1, 0.15) is 0 Å². The van der Waals surface area contributed by atoms with Crippen LogP contribution < -0.4 is 0 Å². The zero-order valence-corrected chi connectivity index (χ0v) is 9.68. The van der Waals surface area contributed by atoms with E-state index in [0.717, 1.165) is 25.1 Å². The number of ether oxygens (including phenoxy) is 1. The van der Waals surface area contributed by atoms with Crippen molar-refractivity contribution in [2.24, 2.45) is 0 Å². The van der Waals surface area contributed by atoms with Crippen LogP contribution in [0.4, 0.5) is 0 Å². The van der Waals surface area contributed by atoms with Gasteiger partial charge in [-0.3, -0.25) is 4.79 Å². The van der Waals surface area contributed by atoms with Crippen LogP contribution in [0.5, 0.6) is 0 Å². The molecule has 82 valence electrons. The first-order valence-electron chi connectivity index (χ1n) is 5.25. The molecule has 0 unspecified atom stereocenters. The molecule has 2 heterocycles. The Bertz CT molecular complexity index is 342. The summed E-state index contributed by atoms with van der Waals surface area (Å²) < 4.78 is 5.22. The van der Waals surface area contributed by atoms with Crippen molar-refractivity contribution in [1.29, 1.82) is 0 Å². The molecule has 0 saturated carbocycles. The lowest BCUT2D eigenvalue weighted by molar-refractivity contribution is 0.0303. The standard InChI is InChI=1S/C11H15NO2S/c1-2-10-7-9(8-15-10)11(13)12-3-5-14-6-4-12/h7-8H,2-6H2,1H3. The quantitative estimate of drug-likeness (QED) is 0.768. The lowest BCUT2D eigenvalue weighted by Gasteiger charge is -2.26. The molecule has 0 bridgehead atoms. The molecule has 1 fully saturated rings. The molecule has 1 aromatic rings. The van der Waals surface area contributed by atoms with Gasteiger partial charge in [0.2, 0.25) is 0 Å². The number of amides is 1. The Balaban J connectivity index is 2.05. The van der Waals surface area contributed by atoms with Gasteiger partial charge in [0, 0.05) is 23.3 Å². The average Bonchev–Trinajstić information content (AvgIpc) is 2.78. The topological polar surface area (TPSA) is 29.5 Å². The van der Waals surface area contributed by atoms with E-state index in [1.165, 1.54) is 4.88 Å².